The second-order valence-corrected chi connectivity index (χ2v) is 7.44. The number of carbonyl (C=O) groups excluding carboxylic acids is 1. The van der Waals surface area contributed by atoms with Crippen LogP contribution in [-0.2, 0) is 4.74 Å². The summed E-state index contributed by atoms with van der Waals surface area (Å²) in [5.41, 5.74) is 4.75. The standard InChI is InChI=1S/C18H20ClF4N7O2/c1-25-16(24)28-12(7-32-17(31)29-18(4-5-18)14(20)21)9-2-3-11(19)10(6-9)13-26-8-27-30(13)15(22)23/h2-3,6,8,12,14-15H,4-5,7H2,1H3,(H,29,31)(H3,24,25,28). The van der Waals surface area contributed by atoms with Crippen LogP contribution in [0.3, 0.4) is 0 Å². The number of rotatable bonds is 8. The van der Waals surface area contributed by atoms with E-state index in [4.69, 9.17) is 22.1 Å². The number of nitrogens with two attached hydrogens (primary N) is 1. The number of halogens is 5. The molecule has 0 radical (unpaired) electrons. The van der Waals surface area contributed by atoms with Gasteiger partial charge in [0.05, 0.1) is 11.1 Å². The first-order valence-corrected chi connectivity index (χ1v) is 9.74. The van der Waals surface area contributed by atoms with Gasteiger partial charge in [-0.05, 0) is 30.5 Å². The van der Waals surface area contributed by atoms with E-state index in [1.807, 2.05) is 0 Å². The number of guanidine groups is 1. The maximum atomic E-state index is 13.2. The SMILES string of the molecule is CN=C(N)NC(COC(=O)NC1(C(F)F)CC1)c1ccc(Cl)c(-c2ncnn2C(F)F)c1. The molecule has 1 aliphatic carbocycles. The highest BCUT2D eigenvalue weighted by molar-refractivity contribution is 6.33. The van der Waals surface area contributed by atoms with Gasteiger partial charge in [0, 0.05) is 12.6 Å². The largest absolute Gasteiger partial charge is 0.447 e. The summed E-state index contributed by atoms with van der Waals surface area (Å²) >= 11 is 6.18. The lowest BCUT2D eigenvalue weighted by molar-refractivity contribution is 0.0582. The maximum absolute atomic E-state index is 13.2. The van der Waals surface area contributed by atoms with Gasteiger partial charge >= 0.3 is 12.6 Å². The molecule has 1 atom stereocenters. The van der Waals surface area contributed by atoms with Crippen molar-refractivity contribution in [2.75, 3.05) is 13.7 Å². The summed E-state index contributed by atoms with van der Waals surface area (Å²) in [4.78, 5) is 19.7. The van der Waals surface area contributed by atoms with Crippen LogP contribution in [0.4, 0.5) is 22.4 Å². The van der Waals surface area contributed by atoms with Crippen LogP contribution >= 0.6 is 11.6 Å². The molecule has 1 amide bonds. The fourth-order valence-corrected chi connectivity index (χ4v) is 3.11. The fourth-order valence-electron chi connectivity index (χ4n) is 2.91. The van der Waals surface area contributed by atoms with Crippen molar-refractivity contribution in [3.05, 3.63) is 35.1 Å². The average Bonchev–Trinajstić information content (AvgIpc) is 3.36. The van der Waals surface area contributed by atoms with Crippen molar-refractivity contribution in [3.8, 4) is 11.4 Å². The van der Waals surface area contributed by atoms with Gasteiger partial charge < -0.3 is 21.1 Å². The van der Waals surface area contributed by atoms with Gasteiger partial charge in [-0.1, -0.05) is 17.7 Å². The number of ether oxygens (including phenoxy) is 1. The molecular weight excluding hydrogens is 458 g/mol. The number of hydrogen-bond donors (Lipinski definition) is 3. The highest BCUT2D eigenvalue weighted by Crippen LogP contribution is 2.41. The van der Waals surface area contributed by atoms with Gasteiger partial charge in [0.15, 0.2) is 11.8 Å². The van der Waals surface area contributed by atoms with E-state index in [1.54, 1.807) is 6.07 Å². The zero-order valence-corrected chi connectivity index (χ0v) is 17.5. The summed E-state index contributed by atoms with van der Waals surface area (Å²) in [5, 5.41) is 8.60. The zero-order valence-electron chi connectivity index (χ0n) is 16.7. The number of amides is 1. The van der Waals surface area contributed by atoms with Gasteiger partial charge in [0.25, 0.3) is 6.43 Å². The summed E-state index contributed by atoms with van der Waals surface area (Å²) in [5.74, 6) is -0.175. The first-order valence-electron chi connectivity index (χ1n) is 9.36. The van der Waals surface area contributed by atoms with Crippen molar-refractivity contribution in [2.24, 2.45) is 10.7 Å². The van der Waals surface area contributed by atoms with E-state index in [-0.39, 0.29) is 41.8 Å². The number of nitrogens with one attached hydrogen (secondary N) is 2. The topological polar surface area (TPSA) is 119 Å². The van der Waals surface area contributed by atoms with Crippen LogP contribution in [0, 0.1) is 0 Å². The zero-order chi connectivity index (χ0) is 23.5. The lowest BCUT2D eigenvalue weighted by atomic mass is 10.0. The number of alkyl carbamates (subject to hydrolysis) is 1. The molecule has 1 fully saturated rings. The molecule has 174 valence electrons. The Hall–Kier alpha value is -3.09. The molecule has 1 aliphatic rings. The molecular formula is C18H20ClF4N7O2. The van der Waals surface area contributed by atoms with Gasteiger partial charge in [0.2, 0.25) is 0 Å². The van der Waals surface area contributed by atoms with Crippen LogP contribution < -0.4 is 16.4 Å². The lowest BCUT2D eigenvalue weighted by Gasteiger charge is -2.22. The number of aliphatic imine (C=N–C) groups is 1. The average molecular weight is 478 g/mol. The Morgan fingerprint density at radius 1 is 1.38 bits per heavy atom. The molecule has 3 rings (SSSR count). The van der Waals surface area contributed by atoms with Crippen LogP contribution in [0.15, 0.2) is 29.5 Å². The Bertz CT molecular complexity index is 997. The molecule has 0 bridgehead atoms. The van der Waals surface area contributed by atoms with Crippen LogP contribution in [0.2, 0.25) is 5.02 Å². The van der Waals surface area contributed by atoms with E-state index in [1.165, 1.54) is 19.2 Å². The van der Waals surface area contributed by atoms with E-state index >= 15 is 0 Å². The van der Waals surface area contributed by atoms with Gasteiger partial charge in [0.1, 0.15) is 18.5 Å². The quantitative estimate of drug-likeness (QED) is 0.305. The fraction of sp³-hybridized carbons (Fsp3) is 0.444. The minimum atomic E-state index is -2.94. The molecule has 9 nitrogen and oxygen atoms in total. The normalized spacial score (nSPS) is 16.2. The highest BCUT2D eigenvalue weighted by Gasteiger charge is 2.52. The molecule has 2 aromatic rings. The second kappa shape index (κ2) is 9.59. The smallest absolute Gasteiger partial charge is 0.407 e. The third-order valence-corrected chi connectivity index (χ3v) is 5.22. The van der Waals surface area contributed by atoms with Gasteiger partial charge in [-0.2, -0.15) is 18.6 Å². The van der Waals surface area contributed by atoms with E-state index < -0.39 is 30.6 Å². The van der Waals surface area contributed by atoms with E-state index in [0.717, 1.165) is 6.33 Å². The Kier molecular flexibility index (Phi) is 7.06. The van der Waals surface area contributed by atoms with Crippen molar-refractivity contribution in [3.63, 3.8) is 0 Å². The van der Waals surface area contributed by atoms with Gasteiger partial charge in [-0.25, -0.2) is 18.6 Å². The van der Waals surface area contributed by atoms with E-state index in [9.17, 15) is 22.4 Å². The van der Waals surface area contributed by atoms with Crippen LogP contribution in [0.25, 0.3) is 11.4 Å². The van der Waals surface area contributed by atoms with Crippen molar-refractivity contribution in [1.29, 1.82) is 0 Å². The molecule has 0 aliphatic heterocycles. The second-order valence-electron chi connectivity index (χ2n) is 7.03. The lowest BCUT2D eigenvalue weighted by Crippen LogP contribution is -2.44. The summed E-state index contributed by atoms with van der Waals surface area (Å²) in [6.07, 6.45) is -2.46. The third kappa shape index (κ3) is 5.21. The number of benzene rings is 1. The molecule has 0 spiro atoms. The van der Waals surface area contributed by atoms with Crippen molar-refractivity contribution >= 4 is 23.7 Å². The first kappa shape index (κ1) is 23.6. The summed E-state index contributed by atoms with van der Waals surface area (Å²) in [6, 6.07) is 3.65. The summed E-state index contributed by atoms with van der Waals surface area (Å²) in [7, 11) is 1.42. The molecule has 1 aromatic carbocycles. The Balaban J connectivity index is 1.82. The summed E-state index contributed by atoms with van der Waals surface area (Å²) < 4.78 is 58.0. The Morgan fingerprint density at radius 2 is 2.09 bits per heavy atom. The molecule has 1 saturated carbocycles. The van der Waals surface area contributed by atoms with Crippen LogP contribution in [-0.4, -0.2) is 52.4 Å². The number of carbonyl (C=O) groups is 1. The number of alkyl halides is 4. The number of aromatic nitrogens is 3. The molecule has 32 heavy (non-hydrogen) atoms. The molecule has 1 aromatic heterocycles. The third-order valence-electron chi connectivity index (χ3n) is 4.89. The van der Waals surface area contributed by atoms with Gasteiger partial charge in [-0.3, -0.25) is 4.99 Å². The molecule has 0 saturated heterocycles. The molecule has 4 N–H and O–H groups in total. The molecule has 14 heteroatoms. The van der Waals surface area contributed by atoms with Crippen LogP contribution in [0.5, 0.6) is 0 Å². The molecule has 1 heterocycles. The van der Waals surface area contributed by atoms with Gasteiger partial charge in [-0.15, -0.1) is 0 Å². The first-order chi connectivity index (χ1) is 15.2. The Morgan fingerprint density at radius 3 is 2.69 bits per heavy atom. The summed E-state index contributed by atoms with van der Waals surface area (Å²) in [6.45, 7) is -3.27. The monoisotopic (exact) mass is 477 g/mol. The minimum Gasteiger partial charge on any atom is -0.447 e. The predicted molar refractivity (Wildman–Crippen MR) is 108 cm³/mol. The van der Waals surface area contributed by atoms with Crippen molar-refractivity contribution < 1.29 is 27.1 Å². The van der Waals surface area contributed by atoms with Crippen LogP contribution in [0.1, 0.15) is 31.0 Å². The number of nitrogens with zero attached hydrogens (tertiary/aromatic N) is 4. The van der Waals surface area contributed by atoms with Crippen molar-refractivity contribution in [2.45, 2.75) is 37.4 Å². The molecule has 1 unspecified atom stereocenters. The predicted octanol–water partition coefficient (Wildman–Crippen LogP) is 3.09. The van der Waals surface area contributed by atoms with E-state index in [0.29, 0.717) is 10.2 Å². The maximum Gasteiger partial charge on any atom is 0.407 e. The van der Waals surface area contributed by atoms with Crippen molar-refractivity contribution in [1.82, 2.24) is 25.4 Å². The number of hydrogen-bond acceptors (Lipinski definition) is 5. The van der Waals surface area contributed by atoms with E-state index in [2.05, 4.69) is 25.7 Å². The minimum absolute atomic E-state index is 0.00232. The highest BCUT2D eigenvalue weighted by atomic mass is 35.5. The Labute approximate surface area is 185 Å².